The first-order valence-corrected chi connectivity index (χ1v) is 13.4. The van der Waals surface area contributed by atoms with Gasteiger partial charge in [0, 0.05) is 24.2 Å². The summed E-state index contributed by atoms with van der Waals surface area (Å²) in [6, 6.07) is 12.0. The van der Waals surface area contributed by atoms with E-state index in [9.17, 15) is 9.90 Å². The second kappa shape index (κ2) is 11.5. The summed E-state index contributed by atoms with van der Waals surface area (Å²) in [6.07, 6.45) is 3.54. The third-order valence-electron chi connectivity index (χ3n) is 6.39. The third kappa shape index (κ3) is 6.21. The number of benzene rings is 2. The lowest BCUT2D eigenvalue weighted by atomic mass is 9.94. The molecule has 0 spiro atoms. The highest BCUT2D eigenvalue weighted by Crippen LogP contribution is 2.34. The van der Waals surface area contributed by atoms with Gasteiger partial charge in [-0.25, -0.2) is 4.98 Å². The normalized spacial score (nSPS) is 16.5. The minimum absolute atomic E-state index is 0.0553. The summed E-state index contributed by atoms with van der Waals surface area (Å²) < 4.78 is 10.4. The molecule has 1 aliphatic rings. The SMILES string of the molecule is CCc1c(CCN2CCCC(C(=O)O)C2)cccc1-c1nsc(-c2ccc(OC(C)C)c(Cl)c2)n1. The Hall–Kier alpha value is -2.48. The number of carboxylic acid groups (broad SMARTS) is 1. The lowest BCUT2D eigenvalue weighted by Crippen LogP contribution is -2.39. The first kappa shape index (κ1) is 25.6. The molecule has 1 fully saturated rings. The molecule has 35 heavy (non-hydrogen) atoms. The van der Waals surface area contributed by atoms with Crippen LogP contribution in [0.25, 0.3) is 22.0 Å². The van der Waals surface area contributed by atoms with E-state index in [1.54, 1.807) is 0 Å². The topological polar surface area (TPSA) is 75.6 Å². The Bertz CT molecular complexity index is 1180. The second-order valence-corrected chi connectivity index (χ2v) is 10.4. The van der Waals surface area contributed by atoms with Crippen LogP contribution in [0.3, 0.4) is 0 Å². The van der Waals surface area contributed by atoms with Crippen LogP contribution >= 0.6 is 23.1 Å². The van der Waals surface area contributed by atoms with Crippen LogP contribution in [0, 0.1) is 5.92 Å². The number of nitrogens with zero attached hydrogens (tertiary/aromatic N) is 3. The number of piperidine rings is 1. The van der Waals surface area contributed by atoms with Crippen LogP contribution in [-0.4, -0.2) is 51.1 Å². The number of carboxylic acids is 1. The van der Waals surface area contributed by atoms with Gasteiger partial charge in [0.15, 0.2) is 5.82 Å². The maximum absolute atomic E-state index is 11.4. The summed E-state index contributed by atoms with van der Waals surface area (Å²) in [5, 5.41) is 10.8. The summed E-state index contributed by atoms with van der Waals surface area (Å²) in [6.45, 7) is 8.56. The number of aliphatic carboxylic acids is 1. The number of ether oxygens (including phenoxy) is 1. The third-order valence-corrected chi connectivity index (χ3v) is 7.45. The van der Waals surface area contributed by atoms with E-state index in [1.807, 2.05) is 32.0 Å². The van der Waals surface area contributed by atoms with Crippen LogP contribution in [0.2, 0.25) is 5.02 Å². The van der Waals surface area contributed by atoms with Gasteiger partial charge in [-0.2, -0.15) is 4.37 Å². The lowest BCUT2D eigenvalue weighted by Gasteiger charge is -2.30. The molecule has 1 aliphatic heterocycles. The Morgan fingerprint density at radius 3 is 2.86 bits per heavy atom. The molecule has 186 valence electrons. The zero-order valence-corrected chi connectivity index (χ0v) is 22.0. The van der Waals surface area contributed by atoms with Crippen molar-refractivity contribution in [3.63, 3.8) is 0 Å². The molecule has 0 amide bonds. The molecular weight excluding hydrogens is 482 g/mol. The molecule has 4 rings (SSSR count). The number of aromatic nitrogens is 2. The van der Waals surface area contributed by atoms with Gasteiger partial charge in [0.1, 0.15) is 10.8 Å². The number of hydrogen-bond donors (Lipinski definition) is 1. The van der Waals surface area contributed by atoms with Gasteiger partial charge in [0.25, 0.3) is 0 Å². The van der Waals surface area contributed by atoms with Crippen LogP contribution in [0.1, 0.15) is 44.7 Å². The van der Waals surface area contributed by atoms with Crippen molar-refractivity contribution in [2.24, 2.45) is 5.92 Å². The zero-order chi connectivity index (χ0) is 24.9. The van der Waals surface area contributed by atoms with Crippen molar-refractivity contribution < 1.29 is 14.6 Å². The van der Waals surface area contributed by atoms with Crippen LogP contribution in [0.15, 0.2) is 36.4 Å². The molecule has 2 aromatic carbocycles. The molecule has 0 aliphatic carbocycles. The van der Waals surface area contributed by atoms with Crippen molar-refractivity contribution in [3.05, 3.63) is 52.5 Å². The summed E-state index contributed by atoms with van der Waals surface area (Å²) in [4.78, 5) is 18.5. The van der Waals surface area contributed by atoms with Crippen molar-refractivity contribution in [2.75, 3.05) is 19.6 Å². The van der Waals surface area contributed by atoms with E-state index in [4.69, 9.17) is 21.3 Å². The molecule has 3 aromatic rings. The van der Waals surface area contributed by atoms with Gasteiger partial charge in [0.2, 0.25) is 0 Å². The van der Waals surface area contributed by atoms with Crippen molar-refractivity contribution in [1.82, 2.24) is 14.3 Å². The maximum atomic E-state index is 11.4. The number of carbonyl (C=O) groups is 1. The van der Waals surface area contributed by atoms with Crippen LogP contribution < -0.4 is 4.74 Å². The van der Waals surface area contributed by atoms with Gasteiger partial charge in [-0.1, -0.05) is 36.7 Å². The monoisotopic (exact) mass is 513 g/mol. The summed E-state index contributed by atoms with van der Waals surface area (Å²) in [5.74, 6) is 0.461. The Morgan fingerprint density at radius 1 is 1.31 bits per heavy atom. The highest BCUT2D eigenvalue weighted by atomic mass is 35.5. The molecule has 0 radical (unpaired) electrons. The van der Waals surface area contributed by atoms with Gasteiger partial charge in [-0.3, -0.25) is 4.79 Å². The largest absolute Gasteiger partial charge is 0.489 e. The number of hydrogen-bond acceptors (Lipinski definition) is 6. The highest BCUT2D eigenvalue weighted by Gasteiger charge is 2.25. The molecule has 1 atom stereocenters. The van der Waals surface area contributed by atoms with Crippen LogP contribution in [0.5, 0.6) is 5.75 Å². The first-order chi connectivity index (χ1) is 16.9. The van der Waals surface area contributed by atoms with E-state index < -0.39 is 5.97 Å². The van der Waals surface area contributed by atoms with E-state index in [2.05, 4.69) is 34.4 Å². The van der Waals surface area contributed by atoms with Gasteiger partial charge in [0.05, 0.1) is 17.0 Å². The molecule has 0 saturated carbocycles. The van der Waals surface area contributed by atoms with Crippen LogP contribution in [0.4, 0.5) is 0 Å². The minimum atomic E-state index is -0.681. The average Bonchev–Trinajstić information content (AvgIpc) is 3.34. The zero-order valence-electron chi connectivity index (χ0n) is 20.5. The van der Waals surface area contributed by atoms with Gasteiger partial charge >= 0.3 is 5.97 Å². The molecule has 8 heteroatoms. The second-order valence-electron chi connectivity index (χ2n) is 9.26. The summed E-state index contributed by atoms with van der Waals surface area (Å²) in [7, 11) is 0. The Labute approximate surface area is 216 Å². The maximum Gasteiger partial charge on any atom is 0.307 e. The fraction of sp³-hybridized carbons (Fsp3) is 0.444. The highest BCUT2D eigenvalue weighted by molar-refractivity contribution is 7.09. The predicted octanol–water partition coefficient (Wildman–Crippen LogP) is 6.21. The summed E-state index contributed by atoms with van der Waals surface area (Å²) >= 11 is 7.80. The Balaban J connectivity index is 1.52. The van der Waals surface area contributed by atoms with Gasteiger partial charge < -0.3 is 14.7 Å². The van der Waals surface area contributed by atoms with Crippen molar-refractivity contribution in [3.8, 4) is 27.7 Å². The number of halogens is 1. The molecule has 1 saturated heterocycles. The van der Waals surface area contributed by atoms with E-state index >= 15 is 0 Å². The standard InChI is InChI=1S/C27H32ClN3O3S/c1-4-21-18(12-14-31-13-6-8-20(16-31)27(32)33)7-5-9-22(21)25-29-26(35-30-25)19-10-11-24(23(28)15-19)34-17(2)3/h5,7,9-11,15,17,20H,4,6,8,12-14,16H2,1-3H3,(H,32,33). The van der Waals surface area contributed by atoms with Crippen molar-refractivity contribution in [2.45, 2.75) is 52.6 Å². The fourth-order valence-electron chi connectivity index (χ4n) is 4.67. The lowest BCUT2D eigenvalue weighted by molar-refractivity contribution is -0.143. The number of likely N-dealkylation sites (tertiary alicyclic amines) is 1. The first-order valence-electron chi connectivity index (χ1n) is 12.2. The molecule has 2 heterocycles. The smallest absolute Gasteiger partial charge is 0.307 e. The van der Waals surface area contributed by atoms with Crippen LogP contribution in [-0.2, 0) is 17.6 Å². The Morgan fingerprint density at radius 2 is 2.14 bits per heavy atom. The molecule has 1 N–H and O–H groups in total. The van der Waals surface area contributed by atoms with E-state index in [1.165, 1.54) is 22.7 Å². The molecule has 1 unspecified atom stereocenters. The number of rotatable bonds is 9. The molecule has 0 bridgehead atoms. The molecular formula is C27H32ClN3O3S. The van der Waals surface area contributed by atoms with E-state index in [-0.39, 0.29) is 12.0 Å². The Kier molecular flexibility index (Phi) is 8.42. The van der Waals surface area contributed by atoms with E-state index in [0.717, 1.165) is 60.7 Å². The fourth-order valence-corrected chi connectivity index (χ4v) is 5.57. The minimum Gasteiger partial charge on any atom is -0.489 e. The molecule has 6 nitrogen and oxygen atoms in total. The molecule has 1 aromatic heterocycles. The average molecular weight is 514 g/mol. The van der Waals surface area contributed by atoms with Gasteiger partial charge in [-0.15, -0.1) is 0 Å². The van der Waals surface area contributed by atoms with E-state index in [0.29, 0.717) is 17.3 Å². The summed E-state index contributed by atoms with van der Waals surface area (Å²) in [5.41, 5.74) is 4.50. The van der Waals surface area contributed by atoms with Crippen molar-refractivity contribution >= 4 is 29.1 Å². The van der Waals surface area contributed by atoms with Gasteiger partial charge in [-0.05, 0) is 86.9 Å². The quantitative estimate of drug-likeness (QED) is 0.366. The van der Waals surface area contributed by atoms with Crippen molar-refractivity contribution in [1.29, 1.82) is 0 Å². The predicted molar refractivity (Wildman–Crippen MR) is 141 cm³/mol.